The van der Waals surface area contributed by atoms with Crippen LogP contribution in [0.25, 0.3) is 0 Å². The van der Waals surface area contributed by atoms with Crippen LogP contribution in [-0.2, 0) is 9.59 Å². The minimum Gasteiger partial charge on any atom is -0.340 e. The molecule has 1 rings (SSSR count). The second kappa shape index (κ2) is 5.02. The van der Waals surface area contributed by atoms with Crippen LogP contribution in [0, 0.1) is 5.92 Å². The maximum Gasteiger partial charge on any atom is 0.390 e. The van der Waals surface area contributed by atoms with Gasteiger partial charge in [0.25, 0.3) is 0 Å². The van der Waals surface area contributed by atoms with Crippen molar-refractivity contribution < 1.29 is 22.8 Å². The van der Waals surface area contributed by atoms with Crippen molar-refractivity contribution in [3.05, 3.63) is 0 Å². The van der Waals surface area contributed by atoms with Crippen molar-refractivity contribution in [2.24, 2.45) is 5.92 Å². The van der Waals surface area contributed by atoms with E-state index in [1.165, 1.54) is 13.8 Å². The summed E-state index contributed by atoms with van der Waals surface area (Å²) in [7, 11) is 0. The zero-order valence-corrected chi connectivity index (χ0v) is 11.5. The number of rotatable bonds is 3. The van der Waals surface area contributed by atoms with Crippen molar-refractivity contribution >= 4 is 11.8 Å². The Bertz CT molecular complexity index is 378. The Balaban J connectivity index is 2.97. The second-order valence-corrected chi connectivity index (χ2v) is 5.67. The first-order valence-corrected chi connectivity index (χ1v) is 6.15. The van der Waals surface area contributed by atoms with Gasteiger partial charge in [-0.3, -0.25) is 9.59 Å². The normalized spacial score (nSPS) is 23.8. The standard InChI is InChI=1S/C12H19F3N2O2/c1-7(2)8-9(18)16-11(3,4)10(19)17(8)6-5-12(13,14)15/h7-8H,5-6H2,1-4H3,(H,16,18). The fraction of sp³-hybridized carbons (Fsp3) is 0.833. The van der Waals surface area contributed by atoms with Crippen molar-refractivity contribution in [1.82, 2.24) is 10.2 Å². The van der Waals surface area contributed by atoms with E-state index in [2.05, 4.69) is 5.32 Å². The first kappa shape index (κ1) is 15.8. The lowest BCUT2D eigenvalue weighted by atomic mass is 9.91. The van der Waals surface area contributed by atoms with Crippen LogP contribution in [0.2, 0.25) is 0 Å². The Hall–Kier alpha value is -1.27. The van der Waals surface area contributed by atoms with E-state index in [1.54, 1.807) is 13.8 Å². The molecule has 19 heavy (non-hydrogen) atoms. The third kappa shape index (κ3) is 3.61. The summed E-state index contributed by atoms with van der Waals surface area (Å²) >= 11 is 0. The highest BCUT2D eigenvalue weighted by Gasteiger charge is 2.47. The van der Waals surface area contributed by atoms with E-state index in [0.29, 0.717) is 0 Å². The third-order valence-electron chi connectivity index (χ3n) is 3.10. The van der Waals surface area contributed by atoms with Gasteiger partial charge in [0.15, 0.2) is 0 Å². The summed E-state index contributed by atoms with van der Waals surface area (Å²) in [5.74, 6) is -1.12. The van der Waals surface area contributed by atoms with Gasteiger partial charge in [0, 0.05) is 6.54 Å². The van der Waals surface area contributed by atoms with Gasteiger partial charge in [-0.1, -0.05) is 13.8 Å². The SMILES string of the molecule is CC(C)C1C(=O)NC(C)(C)C(=O)N1CCC(F)(F)F. The Labute approximate surface area is 110 Å². The van der Waals surface area contributed by atoms with Gasteiger partial charge in [-0.15, -0.1) is 0 Å². The smallest absolute Gasteiger partial charge is 0.340 e. The lowest BCUT2D eigenvalue weighted by Gasteiger charge is -2.44. The van der Waals surface area contributed by atoms with Gasteiger partial charge in [0.05, 0.1) is 6.42 Å². The van der Waals surface area contributed by atoms with Crippen molar-refractivity contribution in [1.29, 1.82) is 0 Å². The molecule has 1 fully saturated rings. The van der Waals surface area contributed by atoms with E-state index < -0.39 is 42.5 Å². The summed E-state index contributed by atoms with van der Waals surface area (Å²) < 4.78 is 37.0. The summed E-state index contributed by atoms with van der Waals surface area (Å²) in [6, 6.07) is -0.845. The molecule has 1 atom stereocenters. The van der Waals surface area contributed by atoms with Crippen molar-refractivity contribution in [3.63, 3.8) is 0 Å². The van der Waals surface area contributed by atoms with Gasteiger partial charge in [0.2, 0.25) is 11.8 Å². The van der Waals surface area contributed by atoms with Gasteiger partial charge in [-0.05, 0) is 19.8 Å². The molecular weight excluding hydrogens is 261 g/mol. The van der Waals surface area contributed by atoms with Crippen LogP contribution in [-0.4, -0.2) is 41.0 Å². The number of alkyl halides is 3. The number of carbonyl (C=O) groups is 2. The van der Waals surface area contributed by atoms with Gasteiger partial charge in [-0.2, -0.15) is 13.2 Å². The summed E-state index contributed by atoms with van der Waals surface area (Å²) in [5.41, 5.74) is -1.16. The van der Waals surface area contributed by atoms with Crippen LogP contribution >= 0.6 is 0 Å². The highest BCUT2D eigenvalue weighted by molar-refractivity contribution is 5.99. The molecule has 0 aromatic heterocycles. The molecule has 2 amide bonds. The molecule has 0 aromatic carbocycles. The molecule has 0 aromatic rings. The Morgan fingerprint density at radius 1 is 1.32 bits per heavy atom. The maximum absolute atomic E-state index is 12.3. The fourth-order valence-corrected chi connectivity index (χ4v) is 2.21. The van der Waals surface area contributed by atoms with E-state index in [4.69, 9.17) is 0 Å². The molecule has 0 aliphatic carbocycles. The average molecular weight is 280 g/mol. The van der Waals surface area contributed by atoms with Gasteiger partial charge >= 0.3 is 6.18 Å². The van der Waals surface area contributed by atoms with Crippen LogP contribution in [0.4, 0.5) is 13.2 Å². The molecule has 110 valence electrons. The summed E-state index contributed by atoms with van der Waals surface area (Å²) in [4.78, 5) is 25.2. The second-order valence-electron chi connectivity index (χ2n) is 5.67. The van der Waals surface area contributed by atoms with E-state index in [1.807, 2.05) is 0 Å². The third-order valence-corrected chi connectivity index (χ3v) is 3.10. The predicted molar refractivity (Wildman–Crippen MR) is 63.2 cm³/mol. The molecule has 0 spiro atoms. The topological polar surface area (TPSA) is 49.4 Å². The van der Waals surface area contributed by atoms with Crippen LogP contribution in [0.5, 0.6) is 0 Å². The largest absolute Gasteiger partial charge is 0.390 e. The van der Waals surface area contributed by atoms with E-state index in [0.717, 1.165) is 4.90 Å². The number of hydrogen-bond donors (Lipinski definition) is 1. The van der Waals surface area contributed by atoms with Crippen LogP contribution in [0.15, 0.2) is 0 Å². The minimum absolute atomic E-state index is 0.242. The summed E-state index contributed by atoms with van der Waals surface area (Å²) in [6.45, 7) is 5.91. The first-order valence-electron chi connectivity index (χ1n) is 6.15. The molecule has 1 aliphatic heterocycles. The molecule has 0 bridgehead atoms. The van der Waals surface area contributed by atoms with Gasteiger partial charge < -0.3 is 10.2 Å². The number of nitrogens with one attached hydrogen (secondary N) is 1. The Kier molecular flexibility index (Phi) is 4.17. The Morgan fingerprint density at radius 2 is 1.84 bits per heavy atom. The zero-order chi connectivity index (χ0) is 15.0. The van der Waals surface area contributed by atoms with E-state index >= 15 is 0 Å². The van der Waals surface area contributed by atoms with Crippen LogP contribution < -0.4 is 5.32 Å². The van der Waals surface area contributed by atoms with E-state index in [9.17, 15) is 22.8 Å². The average Bonchev–Trinajstić information content (AvgIpc) is 2.18. The minimum atomic E-state index is -4.35. The lowest BCUT2D eigenvalue weighted by Crippen LogP contribution is -2.69. The molecule has 1 aliphatic rings. The molecule has 1 heterocycles. The van der Waals surface area contributed by atoms with Crippen LogP contribution in [0.3, 0.4) is 0 Å². The highest BCUT2D eigenvalue weighted by Crippen LogP contribution is 2.26. The monoisotopic (exact) mass is 280 g/mol. The summed E-state index contributed by atoms with van der Waals surface area (Å²) in [6.07, 6.45) is -5.45. The fourth-order valence-electron chi connectivity index (χ4n) is 2.21. The highest BCUT2D eigenvalue weighted by atomic mass is 19.4. The molecule has 1 saturated heterocycles. The quantitative estimate of drug-likeness (QED) is 0.855. The molecule has 1 N–H and O–H groups in total. The molecule has 0 saturated carbocycles. The molecule has 1 unspecified atom stereocenters. The number of piperazine rings is 1. The molecular formula is C12H19F3N2O2. The van der Waals surface area contributed by atoms with Crippen LogP contribution in [0.1, 0.15) is 34.1 Å². The number of carbonyl (C=O) groups excluding carboxylic acids is 2. The molecule has 0 radical (unpaired) electrons. The number of halogens is 3. The number of hydrogen-bond acceptors (Lipinski definition) is 2. The van der Waals surface area contributed by atoms with E-state index in [-0.39, 0.29) is 5.92 Å². The van der Waals surface area contributed by atoms with Crippen molar-refractivity contribution in [2.45, 2.75) is 51.9 Å². The summed E-state index contributed by atoms with van der Waals surface area (Å²) in [5, 5.41) is 2.55. The zero-order valence-electron chi connectivity index (χ0n) is 11.5. The van der Waals surface area contributed by atoms with Crippen molar-refractivity contribution in [2.75, 3.05) is 6.54 Å². The predicted octanol–water partition coefficient (Wildman–Crippen LogP) is 1.70. The maximum atomic E-state index is 12.3. The first-order chi connectivity index (χ1) is 8.46. The Morgan fingerprint density at radius 3 is 2.26 bits per heavy atom. The number of amides is 2. The molecule has 7 heteroatoms. The van der Waals surface area contributed by atoms with Gasteiger partial charge in [-0.25, -0.2) is 0 Å². The van der Waals surface area contributed by atoms with Gasteiger partial charge in [0.1, 0.15) is 11.6 Å². The lowest BCUT2D eigenvalue weighted by molar-refractivity contribution is -0.163. The number of nitrogens with zero attached hydrogens (tertiary/aromatic N) is 1. The van der Waals surface area contributed by atoms with Crippen molar-refractivity contribution in [3.8, 4) is 0 Å². The molecule has 4 nitrogen and oxygen atoms in total.